The van der Waals surface area contributed by atoms with Crippen LogP contribution >= 0.6 is 11.3 Å². The highest BCUT2D eigenvalue weighted by atomic mass is 32.1. The molecular weight excluding hydrogens is 468 g/mol. The smallest absolute Gasteiger partial charge is 0.338 e. The second-order valence-corrected chi connectivity index (χ2v) is 9.15. The minimum atomic E-state index is -0.714. The van der Waals surface area contributed by atoms with Crippen LogP contribution in [0.1, 0.15) is 31.0 Å². The summed E-state index contributed by atoms with van der Waals surface area (Å²) in [5, 5.41) is 11.1. The molecule has 0 radical (unpaired) electrons. The third kappa shape index (κ3) is 4.65. The van der Waals surface area contributed by atoms with E-state index >= 15 is 0 Å². The number of allylic oxidation sites excluding steroid dienone is 1. The maximum absolute atomic E-state index is 13.6. The van der Waals surface area contributed by atoms with Crippen LogP contribution in [0.25, 0.3) is 6.08 Å². The number of benzene rings is 2. The van der Waals surface area contributed by atoms with Crippen LogP contribution < -0.4 is 19.8 Å². The van der Waals surface area contributed by atoms with E-state index in [4.69, 9.17) is 4.74 Å². The van der Waals surface area contributed by atoms with Gasteiger partial charge in [0.15, 0.2) is 4.80 Å². The lowest BCUT2D eigenvalue weighted by atomic mass is 9.95. The number of nitro groups is 1. The number of nitrogens with zero attached hydrogens (tertiary/aromatic N) is 4. The van der Waals surface area contributed by atoms with E-state index in [2.05, 4.69) is 4.99 Å². The molecule has 1 aliphatic heterocycles. The molecule has 180 valence electrons. The Morgan fingerprint density at radius 2 is 1.97 bits per heavy atom. The van der Waals surface area contributed by atoms with Gasteiger partial charge in [-0.1, -0.05) is 35.6 Å². The number of hydrogen-bond donors (Lipinski definition) is 0. The molecule has 3 aromatic rings. The van der Waals surface area contributed by atoms with E-state index in [1.54, 1.807) is 32.1 Å². The van der Waals surface area contributed by atoms with Crippen molar-refractivity contribution in [3.63, 3.8) is 0 Å². The normalized spacial score (nSPS) is 15.4. The number of carbonyl (C=O) groups is 1. The summed E-state index contributed by atoms with van der Waals surface area (Å²) in [6.45, 7) is 3.65. The summed E-state index contributed by atoms with van der Waals surface area (Å²) in [6.07, 6.45) is 1.60. The first kappa shape index (κ1) is 24.1. The van der Waals surface area contributed by atoms with Crippen molar-refractivity contribution in [1.82, 2.24) is 4.57 Å². The predicted molar refractivity (Wildman–Crippen MR) is 134 cm³/mol. The molecule has 1 aliphatic rings. The monoisotopic (exact) mass is 492 g/mol. The number of thiazole rings is 1. The summed E-state index contributed by atoms with van der Waals surface area (Å²) < 4.78 is 7.17. The number of fused-ring (bicyclic) bond motifs is 1. The summed E-state index contributed by atoms with van der Waals surface area (Å²) >= 11 is 1.17. The molecule has 35 heavy (non-hydrogen) atoms. The highest BCUT2D eigenvalue weighted by Crippen LogP contribution is 2.31. The van der Waals surface area contributed by atoms with Crippen LogP contribution in [0.4, 0.5) is 11.4 Å². The highest BCUT2D eigenvalue weighted by Gasteiger charge is 2.33. The van der Waals surface area contributed by atoms with Gasteiger partial charge >= 0.3 is 5.97 Å². The molecule has 2 aromatic carbocycles. The van der Waals surface area contributed by atoms with E-state index < -0.39 is 16.9 Å². The van der Waals surface area contributed by atoms with Gasteiger partial charge in [0.2, 0.25) is 0 Å². The van der Waals surface area contributed by atoms with E-state index in [9.17, 15) is 19.7 Å². The second-order valence-electron chi connectivity index (χ2n) is 8.14. The topological polar surface area (TPSA) is 107 Å². The molecule has 0 bridgehead atoms. The van der Waals surface area contributed by atoms with E-state index in [-0.39, 0.29) is 17.9 Å². The van der Waals surface area contributed by atoms with Gasteiger partial charge in [-0.05, 0) is 43.2 Å². The van der Waals surface area contributed by atoms with Crippen LogP contribution in [0.2, 0.25) is 0 Å². The molecule has 0 amide bonds. The van der Waals surface area contributed by atoms with Crippen molar-refractivity contribution in [2.45, 2.75) is 19.9 Å². The van der Waals surface area contributed by atoms with Gasteiger partial charge in [0.05, 0.1) is 33.4 Å². The number of carbonyl (C=O) groups excluding carboxylic acids is 1. The number of hydrogen-bond acceptors (Lipinski definition) is 8. The van der Waals surface area contributed by atoms with Crippen molar-refractivity contribution in [2.75, 3.05) is 25.6 Å². The van der Waals surface area contributed by atoms with Crippen LogP contribution in [-0.2, 0) is 9.53 Å². The molecule has 0 fully saturated rings. The van der Waals surface area contributed by atoms with Gasteiger partial charge in [0.1, 0.15) is 0 Å². The van der Waals surface area contributed by atoms with Crippen molar-refractivity contribution in [3.05, 3.63) is 101 Å². The Hall–Kier alpha value is -4.05. The summed E-state index contributed by atoms with van der Waals surface area (Å²) in [5.41, 5.74) is 2.63. The molecule has 0 aliphatic carbocycles. The molecule has 10 heteroatoms. The Morgan fingerprint density at radius 1 is 1.26 bits per heavy atom. The first-order chi connectivity index (χ1) is 16.7. The summed E-state index contributed by atoms with van der Waals surface area (Å²) in [4.78, 5) is 44.2. The SMILES string of the molecule is CCOC(=O)C1=C(C)N=c2s/c(=C\c3cccc([N+](=O)[O-])c3)c(=O)n2C1c1ccc(N(C)C)cc1. The summed E-state index contributed by atoms with van der Waals surface area (Å²) in [7, 11) is 3.86. The number of ether oxygens (including phenoxy) is 1. The van der Waals surface area contributed by atoms with Gasteiger partial charge in [-0.25, -0.2) is 9.79 Å². The number of nitro benzene ring substituents is 1. The van der Waals surface area contributed by atoms with Crippen LogP contribution in [0.5, 0.6) is 0 Å². The molecule has 0 saturated heterocycles. The molecule has 1 unspecified atom stereocenters. The number of anilines is 1. The summed E-state index contributed by atoms with van der Waals surface area (Å²) in [6, 6.07) is 13.0. The van der Waals surface area contributed by atoms with Crippen LogP contribution in [-0.4, -0.2) is 36.2 Å². The van der Waals surface area contributed by atoms with E-state index in [0.717, 1.165) is 11.3 Å². The maximum Gasteiger partial charge on any atom is 0.338 e. The highest BCUT2D eigenvalue weighted by molar-refractivity contribution is 7.07. The van der Waals surface area contributed by atoms with Crippen LogP contribution in [0, 0.1) is 10.1 Å². The number of esters is 1. The Kier molecular flexibility index (Phi) is 6.65. The Morgan fingerprint density at radius 3 is 2.60 bits per heavy atom. The third-order valence-electron chi connectivity index (χ3n) is 5.62. The second kappa shape index (κ2) is 9.67. The van der Waals surface area contributed by atoms with E-state index in [1.165, 1.54) is 28.0 Å². The van der Waals surface area contributed by atoms with Crippen LogP contribution in [0.15, 0.2) is 69.6 Å². The molecule has 2 heterocycles. The Labute approximate surface area is 205 Å². The van der Waals surface area contributed by atoms with Crippen molar-refractivity contribution >= 4 is 34.8 Å². The zero-order chi connectivity index (χ0) is 25.3. The van der Waals surface area contributed by atoms with Crippen molar-refractivity contribution in [1.29, 1.82) is 0 Å². The Balaban J connectivity index is 1.92. The van der Waals surface area contributed by atoms with E-state index in [0.29, 0.717) is 26.2 Å². The van der Waals surface area contributed by atoms with Gasteiger partial charge < -0.3 is 9.64 Å². The van der Waals surface area contributed by atoms with Gasteiger partial charge in [-0.3, -0.25) is 19.5 Å². The fourth-order valence-corrected chi connectivity index (χ4v) is 4.99. The molecular formula is C25H24N4O5S. The van der Waals surface area contributed by atoms with Gasteiger partial charge in [-0.2, -0.15) is 0 Å². The molecule has 1 atom stereocenters. The Bertz CT molecular complexity index is 1520. The average molecular weight is 493 g/mol. The van der Waals surface area contributed by atoms with Crippen molar-refractivity contribution in [2.24, 2.45) is 4.99 Å². The van der Waals surface area contributed by atoms with E-state index in [1.807, 2.05) is 43.3 Å². The lowest BCUT2D eigenvalue weighted by Crippen LogP contribution is -2.39. The number of non-ortho nitro benzene ring substituents is 1. The standard InChI is InChI=1S/C25H24N4O5S/c1-5-34-24(31)21-15(2)26-25-28(22(21)17-9-11-18(12-10-17)27(3)4)23(30)20(35-25)14-16-7-6-8-19(13-16)29(32)33/h6-14,22H,5H2,1-4H3/b20-14-. The number of aromatic nitrogens is 1. The quantitative estimate of drug-likeness (QED) is 0.298. The summed E-state index contributed by atoms with van der Waals surface area (Å²) in [5.74, 6) is -0.525. The minimum absolute atomic E-state index is 0.0641. The van der Waals surface area contributed by atoms with Crippen molar-refractivity contribution < 1.29 is 14.5 Å². The van der Waals surface area contributed by atoms with Crippen LogP contribution in [0.3, 0.4) is 0 Å². The minimum Gasteiger partial charge on any atom is -0.463 e. The third-order valence-corrected chi connectivity index (χ3v) is 6.60. The van der Waals surface area contributed by atoms with Gasteiger partial charge in [-0.15, -0.1) is 0 Å². The first-order valence-corrected chi connectivity index (χ1v) is 11.7. The lowest BCUT2D eigenvalue weighted by molar-refractivity contribution is -0.384. The number of rotatable bonds is 6. The van der Waals surface area contributed by atoms with Gasteiger partial charge in [0.25, 0.3) is 11.2 Å². The molecule has 9 nitrogen and oxygen atoms in total. The average Bonchev–Trinajstić information content (AvgIpc) is 3.12. The van der Waals surface area contributed by atoms with Gasteiger partial charge in [0, 0.05) is 31.9 Å². The fourth-order valence-electron chi connectivity index (χ4n) is 3.94. The molecule has 0 saturated carbocycles. The predicted octanol–water partition coefficient (Wildman–Crippen LogP) is 2.77. The molecule has 4 rings (SSSR count). The molecule has 0 spiro atoms. The zero-order valence-corrected chi connectivity index (χ0v) is 20.5. The maximum atomic E-state index is 13.6. The zero-order valence-electron chi connectivity index (χ0n) is 19.7. The molecule has 1 aromatic heterocycles. The largest absolute Gasteiger partial charge is 0.463 e. The lowest BCUT2D eigenvalue weighted by Gasteiger charge is -2.25. The molecule has 0 N–H and O–H groups in total. The first-order valence-electron chi connectivity index (χ1n) is 10.9. The fraction of sp³-hybridized carbons (Fsp3) is 0.240. The van der Waals surface area contributed by atoms with Crippen molar-refractivity contribution in [3.8, 4) is 0 Å².